The Morgan fingerprint density at radius 2 is 1.49 bits per heavy atom. The van der Waals surface area contributed by atoms with Gasteiger partial charge in [0.05, 0.1) is 23.1 Å². The van der Waals surface area contributed by atoms with Crippen molar-refractivity contribution in [3.63, 3.8) is 0 Å². The maximum absolute atomic E-state index is 10.3. The molecule has 0 fully saturated rings. The van der Waals surface area contributed by atoms with Gasteiger partial charge in [0.2, 0.25) is 0 Å². The highest BCUT2D eigenvalue weighted by atomic mass is 16.3. The number of phenols is 1. The molecule has 0 radical (unpaired) electrons. The van der Waals surface area contributed by atoms with E-state index in [2.05, 4.69) is 46.4 Å². The summed E-state index contributed by atoms with van der Waals surface area (Å²) in [4.78, 5) is 12.7. The topological polar surface area (TPSA) is 74.9 Å². The molecule has 7 aromatic rings. The Balaban J connectivity index is 1.47. The van der Waals surface area contributed by atoms with Crippen LogP contribution < -0.4 is 0 Å². The number of benzene rings is 4. The molecule has 5 heteroatoms. The number of hydrogen-bond donors (Lipinski definition) is 2. The van der Waals surface area contributed by atoms with Crippen LogP contribution >= 0.6 is 0 Å². The molecule has 35 heavy (non-hydrogen) atoms. The first-order valence-corrected chi connectivity index (χ1v) is 11.4. The fraction of sp³-hybridized carbons (Fsp3) is 0. The predicted octanol–water partition coefficient (Wildman–Crippen LogP) is 7.56. The summed E-state index contributed by atoms with van der Waals surface area (Å²) >= 11 is 0. The minimum absolute atomic E-state index is 0.186. The third-order valence-electron chi connectivity index (χ3n) is 6.43. The molecule has 7 rings (SSSR count). The zero-order chi connectivity index (χ0) is 23.4. The summed E-state index contributed by atoms with van der Waals surface area (Å²) in [5.74, 6) is 0.798. The second kappa shape index (κ2) is 7.57. The van der Waals surface area contributed by atoms with Crippen molar-refractivity contribution >= 4 is 32.7 Å². The number of phenolic OH excluding ortho intramolecular Hbond substituents is 1. The first-order valence-electron chi connectivity index (χ1n) is 11.4. The standard InChI is InChI=1S/C30H19N3O2/c34-27-11-5-3-10-22(27)30-32-17-26(33-30)20-13-23-21-9-4-6-12-28(21)35-29(23)24(14-20)25-15-18-7-1-2-8-19(18)16-31-25/h1-17,34H,(H,32,33). The predicted molar refractivity (Wildman–Crippen MR) is 139 cm³/mol. The number of aromatic amines is 1. The van der Waals surface area contributed by atoms with Gasteiger partial charge in [-0.15, -0.1) is 0 Å². The van der Waals surface area contributed by atoms with Crippen LogP contribution in [0.5, 0.6) is 5.75 Å². The lowest BCUT2D eigenvalue weighted by molar-refractivity contribution is 0.477. The van der Waals surface area contributed by atoms with E-state index in [1.54, 1.807) is 18.3 Å². The highest BCUT2D eigenvalue weighted by Gasteiger charge is 2.17. The van der Waals surface area contributed by atoms with Crippen molar-refractivity contribution in [1.29, 1.82) is 0 Å². The minimum atomic E-state index is 0.186. The Morgan fingerprint density at radius 3 is 2.40 bits per heavy atom. The summed E-state index contributed by atoms with van der Waals surface area (Å²) < 4.78 is 6.33. The smallest absolute Gasteiger partial charge is 0.144 e. The average molecular weight is 454 g/mol. The second-order valence-electron chi connectivity index (χ2n) is 8.58. The van der Waals surface area contributed by atoms with E-state index >= 15 is 0 Å². The fourth-order valence-corrected chi connectivity index (χ4v) is 4.68. The fourth-order valence-electron chi connectivity index (χ4n) is 4.68. The van der Waals surface area contributed by atoms with Crippen molar-refractivity contribution in [2.24, 2.45) is 0 Å². The zero-order valence-corrected chi connectivity index (χ0v) is 18.6. The van der Waals surface area contributed by atoms with Crippen molar-refractivity contribution in [3.05, 3.63) is 103 Å². The number of pyridine rings is 1. The molecular weight excluding hydrogens is 434 g/mol. The first-order chi connectivity index (χ1) is 17.2. The van der Waals surface area contributed by atoms with Crippen LogP contribution in [-0.2, 0) is 0 Å². The minimum Gasteiger partial charge on any atom is -0.507 e. The molecule has 0 aliphatic carbocycles. The van der Waals surface area contributed by atoms with Gasteiger partial charge in [-0.25, -0.2) is 4.98 Å². The Hall–Kier alpha value is -4.90. The van der Waals surface area contributed by atoms with Crippen LogP contribution in [0.1, 0.15) is 0 Å². The molecule has 0 spiro atoms. The van der Waals surface area contributed by atoms with E-state index < -0.39 is 0 Å². The Bertz CT molecular complexity index is 1880. The maximum Gasteiger partial charge on any atom is 0.144 e. The Morgan fingerprint density at radius 1 is 0.686 bits per heavy atom. The molecule has 3 heterocycles. The van der Waals surface area contributed by atoms with E-state index in [0.717, 1.165) is 55.2 Å². The summed E-state index contributed by atoms with van der Waals surface area (Å²) in [5, 5.41) is 14.6. The van der Waals surface area contributed by atoms with Crippen molar-refractivity contribution in [2.75, 3.05) is 0 Å². The average Bonchev–Trinajstić information content (AvgIpc) is 3.53. The summed E-state index contributed by atoms with van der Waals surface area (Å²) in [5.41, 5.74) is 5.86. The van der Waals surface area contributed by atoms with Crippen molar-refractivity contribution in [3.8, 4) is 39.7 Å². The van der Waals surface area contributed by atoms with Gasteiger partial charge in [0.1, 0.15) is 22.7 Å². The number of para-hydroxylation sites is 2. The molecule has 0 bridgehead atoms. The van der Waals surface area contributed by atoms with Gasteiger partial charge in [-0.2, -0.15) is 0 Å². The number of rotatable bonds is 3. The Kier molecular flexibility index (Phi) is 4.23. The van der Waals surface area contributed by atoms with Gasteiger partial charge in [0.25, 0.3) is 0 Å². The molecule has 0 aliphatic heterocycles. The van der Waals surface area contributed by atoms with Gasteiger partial charge in [-0.3, -0.25) is 4.98 Å². The van der Waals surface area contributed by atoms with Gasteiger partial charge in [-0.05, 0) is 41.8 Å². The monoisotopic (exact) mass is 453 g/mol. The summed E-state index contributed by atoms with van der Waals surface area (Å²) in [7, 11) is 0. The van der Waals surface area contributed by atoms with Gasteiger partial charge >= 0.3 is 0 Å². The number of imidazole rings is 1. The second-order valence-corrected chi connectivity index (χ2v) is 8.58. The molecule has 5 nitrogen and oxygen atoms in total. The number of nitrogens with zero attached hydrogens (tertiary/aromatic N) is 2. The van der Waals surface area contributed by atoms with Gasteiger partial charge in [0.15, 0.2) is 0 Å². The highest BCUT2D eigenvalue weighted by Crippen LogP contribution is 2.39. The third kappa shape index (κ3) is 3.17. The zero-order valence-electron chi connectivity index (χ0n) is 18.6. The van der Waals surface area contributed by atoms with E-state index in [1.807, 2.05) is 48.7 Å². The van der Waals surface area contributed by atoms with E-state index in [1.165, 1.54) is 0 Å². The number of aromatic nitrogens is 3. The molecule has 166 valence electrons. The lowest BCUT2D eigenvalue weighted by Crippen LogP contribution is -1.88. The lowest BCUT2D eigenvalue weighted by atomic mass is 10.00. The lowest BCUT2D eigenvalue weighted by Gasteiger charge is -2.07. The molecule has 0 atom stereocenters. The SMILES string of the molecule is Oc1ccccc1-c1ncc(-c2cc(-c3cc4ccccc4cn3)c3oc4ccccc4c3c2)[nH]1. The molecule has 3 aromatic heterocycles. The van der Waals surface area contributed by atoms with Crippen molar-refractivity contribution < 1.29 is 9.52 Å². The van der Waals surface area contributed by atoms with Crippen LogP contribution in [-0.4, -0.2) is 20.1 Å². The summed E-state index contributed by atoms with van der Waals surface area (Å²) in [6.45, 7) is 0. The molecule has 0 amide bonds. The number of nitrogens with one attached hydrogen (secondary N) is 1. The summed E-state index contributed by atoms with van der Waals surface area (Å²) in [6, 6.07) is 29.7. The molecule has 0 saturated heterocycles. The van der Waals surface area contributed by atoms with E-state index in [9.17, 15) is 5.11 Å². The summed E-state index contributed by atoms with van der Waals surface area (Å²) in [6.07, 6.45) is 3.70. The van der Waals surface area contributed by atoms with E-state index in [4.69, 9.17) is 9.40 Å². The molecule has 4 aromatic carbocycles. The number of H-pyrrole nitrogens is 1. The molecule has 0 unspecified atom stereocenters. The molecular formula is C30H19N3O2. The van der Waals surface area contributed by atoms with Crippen LogP contribution in [0.4, 0.5) is 0 Å². The largest absolute Gasteiger partial charge is 0.507 e. The van der Waals surface area contributed by atoms with E-state index in [-0.39, 0.29) is 5.75 Å². The Labute approximate surface area is 200 Å². The highest BCUT2D eigenvalue weighted by molar-refractivity contribution is 6.11. The van der Waals surface area contributed by atoms with Gasteiger partial charge < -0.3 is 14.5 Å². The van der Waals surface area contributed by atoms with Gasteiger partial charge in [0, 0.05) is 33.5 Å². The number of furan rings is 1. The normalized spacial score (nSPS) is 11.5. The van der Waals surface area contributed by atoms with Crippen LogP contribution in [0.3, 0.4) is 0 Å². The molecule has 2 N–H and O–H groups in total. The number of fused-ring (bicyclic) bond motifs is 4. The quantitative estimate of drug-likeness (QED) is 0.289. The maximum atomic E-state index is 10.3. The molecule has 0 saturated carbocycles. The first kappa shape index (κ1) is 19.6. The van der Waals surface area contributed by atoms with Gasteiger partial charge in [-0.1, -0.05) is 54.6 Å². The van der Waals surface area contributed by atoms with E-state index in [0.29, 0.717) is 11.4 Å². The molecule has 0 aliphatic rings. The van der Waals surface area contributed by atoms with Crippen LogP contribution in [0, 0.1) is 0 Å². The van der Waals surface area contributed by atoms with Crippen molar-refractivity contribution in [1.82, 2.24) is 15.0 Å². The number of aromatic hydroxyl groups is 1. The van der Waals surface area contributed by atoms with Crippen molar-refractivity contribution in [2.45, 2.75) is 0 Å². The van der Waals surface area contributed by atoms with Crippen LogP contribution in [0.15, 0.2) is 108 Å². The third-order valence-corrected chi connectivity index (χ3v) is 6.43. The van der Waals surface area contributed by atoms with Crippen LogP contribution in [0.2, 0.25) is 0 Å². The van der Waals surface area contributed by atoms with Crippen LogP contribution in [0.25, 0.3) is 66.6 Å². The number of hydrogen-bond acceptors (Lipinski definition) is 4.